The molecule has 0 radical (unpaired) electrons. The van der Waals surface area contributed by atoms with Crippen LogP contribution in [0.4, 0.5) is 4.39 Å². The van der Waals surface area contributed by atoms with Gasteiger partial charge in [-0.05, 0) is 29.3 Å². The number of carbonyl (C=O) groups excluding carboxylic acids is 1. The monoisotopic (exact) mass is 391 g/mol. The summed E-state index contributed by atoms with van der Waals surface area (Å²) in [7, 11) is 0. The molecule has 0 unspecified atom stereocenters. The lowest BCUT2D eigenvalue weighted by atomic mass is 9.77. The molecule has 1 aliphatic rings. The zero-order valence-electron chi connectivity index (χ0n) is 15.8. The van der Waals surface area contributed by atoms with E-state index in [4.69, 9.17) is 0 Å². The van der Waals surface area contributed by atoms with E-state index in [2.05, 4.69) is 15.6 Å². The van der Waals surface area contributed by atoms with Crippen LogP contribution in [0.15, 0.2) is 72.9 Å². The Kier molecular flexibility index (Phi) is 5.64. The van der Waals surface area contributed by atoms with Crippen LogP contribution in [0.25, 0.3) is 11.1 Å². The van der Waals surface area contributed by atoms with E-state index in [1.165, 1.54) is 6.07 Å². The van der Waals surface area contributed by atoms with Crippen molar-refractivity contribution in [1.29, 1.82) is 0 Å². The number of benzene rings is 2. The highest BCUT2D eigenvalue weighted by Crippen LogP contribution is 2.33. The molecule has 1 fully saturated rings. The number of nitrogens with zero attached hydrogens (tertiary/aromatic N) is 1. The Hall–Kier alpha value is -3.09. The molecule has 2 aromatic carbocycles. The van der Waals surface area contributed by atoms with Crippen molar-refractivity contribution in [3.63, 3.8) is 0 Å². The Bertz CT molecular complexity index is 979. The summed E-state index contributed by atoms with van der Waals surface area (Å²) in [6.45, 7) is 0.427. The molecular formula is C23H22FN3O2. The fraction of sp³-hybridized carbons (Fsp3) is 0.217. The molecule has 1 aromatic heterocycles. The first kappa shape index (κ1) is 19.2. The molecule has 1 aliphatic heterocycles. The summed E-state index contributed by atoms with van der Waals surface area (Å²) >= 11 is 0. The van der Waals surface area contributed by atoms with Gasteiger partial charge in [-0.2, -0.15) is 0 Å². The van der Waals surface area contributed by atoms with Crippen molar-refractivity contribution in [3.8, 4) is 11.1 Å². The number of amides is 1. The summed E-state index contributed by atoms with van der Waals surface area (Å²) in [5.41, 5.74) is 2.78. The van der Waals surface area contributed by atoms with Gasteiger partial charge in [0.25, 0.3) is 5.91 Å². The van der Waals surface area contributed by atoms with Gasteiger partial charge in [-0.25, -0.2) is 4.39 Å². The van der Waals surface area contributed by atoms with Gasteiger partial charge in [0, 0.05) is 36.3 Å². The average Bonchev–Trinajstić information content (AvgIpc) is 2.75. The van der Waals surface area contributed by atoms with Crippen molar-refractivity contribution >= 4 is 5.91 Å². The summed E-state index contributed by atoms with van der Waals surface area (Å²) in [6.07, 6.45) is 1.58. The third kappa shape index (κ3) is 4.04. The highest BCUT2D eigenvalue weighted by molar-refractivity contribution is 5.92. The first-order chi connectivity index (χ1) is 14.2. The van der Waals surface area contributed by atoms with Crippen LogP contribution < -0.4 is 10.6 Å². The quantitative estimate of drug-likeness (QED) is 0.604. The van der Waals surface area contributed by atoms with Crippen molar-refractivity contribution in [2.24, 2.45) is 0 Å². The number of hydrogen-bond acceptors (Lipinski definition) is 4. The summed E-state index contributed by atoms with van der Waals surface area (Å²) in [4.78, 5) is 16.3. The Balaban J connectivity index is 1.45. The number of aromatic nitrogens is 1. The number of carbonyl (C=O) groups is 1. The van der Waals surface area contributed by atoms with E-state index < -0.39 is 0 Å². The van der Waals surface area contributed by atoms with E-state index in [0.29, 0.717) is 17.8 Å². The summed E-state index contributed by atoms with van der Waals surface area (Å²) in [5, 5.41) is 15.8. The Morgan fingerprint density at radius 3 is 2.48 bits per heavy atom. The minimum atomic E-state index is -0.256. The largest absolute Gasteiger partial charge is 0.395 e. The number of halogens is 1. The predicted molar refractivity (Wildman–Crippen MR) is 109 cm³/mol. The van der Waals surface area contributed by atoms with Crippen molar-refractivity contribution in [3.05, 3.63) is 90.0 Å². The SMILES string of the molecule is O=C(NC[C@@H]1N[C@@H](CO)[C@H]1c1ccc(-c2ccccc2F)cc1)c1ccccn1. The molecule has 4 rings (SSSR count). The highest BCUT2D eigenvalue weighted by atomic mass is 19.1. The predicted octanol–water partition coefficient (Wildman–Crippen LogP) is 2.73. The topological polar surface area (TPSA) is 74.2 Å². The molecule has 0 bridgehead atoms. The smallest absolute Gasteiger partial charge is 0.269 e. The van der Waals surface area contributed by atoms with Gasteiger partial charge < -0.3 is 15.7 Å². The number of nitrogens with one attached hydrogen (secondary N) is 2. The van der Waals surface area contributed by atoms with Crippen molar-refractivity contribution in [2.45, 2.75) is 18.0 Å². The summed E-state index contributed by atoms with van der Waals surface area (Å²) in [5.74, 6) is -0.430. The Labute approximate surface area is 168 Å². The van der Waals surface area contributed by atoms with Gasteiger partial charge in [-0.1, -0.05) is 48.5 Å². The third-order valence-corrected chi connectivity index (χ3v) is 5.35. The van der Waals surface area contributed by atoms with E-state index in [1.54, 1.807) is 36.5 Å². The van der Waals surface area contributed by atoms with Crippen molar-refractivity contribution < 1.29 is 14.3 Å². The lowest BCUT2D eigenvalue weighted by Gasteiger charge is -2.46. The third-order valence-electron chi connectivity index (χ3n) is 5.35. The van der Waals surface area contributed by atoms with Crippen LogP contribution in [0.3, 0.4) is 0 Å². The number of pyridine rings is 1. The first-order valence-electron chi connectivity index (χ1n) is 9.58. The lowest BCUT2D eigenvalue weighted by molar-refractivity contribution is 0.0905. The number of aliphatic hydroxyl groups excluding tert-OH is 1. The van der Waals surface area contributed by atoms with E-state index in [0.717, 1.165) is 11.1 Å². The fourth-order valence-electron chi connectivity index (χ4n) is 3.83. The number of aliphatic hydroxyl groups is 1. The molecule has 5 nitrogen and oxygen atoms in total. The minimum absolute atomic E-state index is 0.000811. The average molecular weight is 391 g/mol. The fourth-order valence-corrected chi connectivity index (χ4v) is 3.83. The van der Waals surface area contributed by atoms with Gasteiger partial charge in [0.1, 0.15) is 11.5 Å². The zero-order chi connectivity index (χ0) is 20.2. The van der Waals surface area contributed by atoms with Gasteiger partial charge in [-0.3, -0.25) is 9.78 Å². The number of hydrogen-bond donors (Lipinski definition) is 3. The van der Waals surface area contributed by atoms with Crippen LogP contribution in [0.5, 0.6) is 0 Å². The molecule has 3 atom stereocenters. The van der Waals surface area contributed by atoms with E-state index >= 15 is 0 Å². The van der Waals surface area contributed by atoms with Crippen molar-refractivity contribution in [2.75, 3.05) is 13.2 Å². The molecule has 29 heavy (non-hydrogen) atoms. The maximum atomic E-state index is 14.0. The van der Waals surface area contributed by atoms with Gasteiger partial charge in [0.2, 0.25) is 0 Å². The molecular weight excluding hydrogens is 369 g/mol. The molecule has 2 heterocycles. The molecule has 3 N–H and O–H groups in total. The molecule has 1 amide bonds. The van der Waals surface area contributed by atoms with Crippen LogP contribution in [0.2, 0.25) is 0 Å². The van der Waals surface area contributed by atoms with Gasteiger partial charge in [0.05, 0.1) is 6.61 Å². The zero-order valence-corrected chi connectivity index (χ0v) is 15.8. The minimum Gasteiger partial charge on any atom is -0.395 e. The maximum Gasteiger partial charge on any atom is 0.269 e. The molecule has 0 aliphatic carbocycles. The van der Waals surface area contributed by atoms with Gasteiger partial charge in [0.15, 0.2) is 0 Å². The Morgan fingerprint density at radius 1 is 1.03 bits per heavy atom. The van der Waals surface area contributed by atoms with E-state index in [1.807, 2.05) is 30.3 Å². The van der Waals surface area contributed by atoms with Gasteiger partial charge >= 0.3 is 0 Å². The van der Waals surface area contributed by atoms with Crippen LogP contribution in [0.1, 0.15) is 22.0 Å². The molecule has 1 saturated heterocycles. The van der Waals surface area contributed by atoms with Gasteiger partial charge in [-0.15, -0.1) is 0 Å². The first-order valence-corrected chi connectivity index (χ1v) is 9.58. The second kappa shape index (κ2) is 8.51. The Morgan fingerprint density at radius 2 is 1.79 bits per heavy atom. The molecule has 148 valence electrons. The maximum absolute atomic E-state index is 14.0. The standard InChI is InChI=1S/C23H22FN3O2/c24-18-6-2-1-5-17(18)15-8-10-16(11-9-15)22-20(27-21(22)14-28)13-26-23(29)19-7-3-4-12-25-19/h1-12,20-22,27-28H,13-14H2,(H,26,29)/t20-,21-,22-/m0/s1. The molecule has 6 heteroatoms. The van der Waals surface area contributed by atoms with Crippen molar-refractivity contribution in [1.82, 2.24) is 15.6 Å². The second-order valence-corrected chi connectivity index (χ2v) is 7.11. The molecule has 0 saturated carbocycles. The van der Waals surface area contributed by atoms with Crippen LogP contribution in [0, 0.1) is 5.82 Å². The second-order valence-electron chi connectivity index (χ2n) is 7.11. The normalized spacial score (nSPS) is 20.7. The van der Waals surface area contributed by atoms with Crippen LogP contribution in [-0.2, 0) is 0 Å². The molecule has 3 aromatic rings. The van der Waals surface area contributed by atoms with E-state index in [9.17, 15) is 14.3 Å². The number of rotatable bonds is 6. The lowest BCUT2D eigenvalue weighted by Crippen LogP contribution is -2.64. The summed E-state index contributed by atoms with van der Waals surface area (Å²) in [6, 6.07) is 19.5. The van der Waals surface area contributed by atoms with E-state index in [-0.39, 0.29) is 36.3 Å². The van der Waals surface area contributed by atoms with Crippen LogP contribution in [-0.4, -0.2) is 41.2 Å². The van der Waals surface area contributed by atoms with Crippen LogP contribution >= 0.6 is 0 Å². The molecule has 0 spiro atoms. The summed E-state index contributed by atoms with van der Waals surface area (Å²) < 4.78 is 14.0. The highest BCUT2D eigenvalue weighted by Gasteiger charge is 2.40.